The van der Waals surface area contributed by atoms with Crippen LogP contribution in [0.3, 0.4) is 0 Å². The minimum absolute atomic E-state index is 0.377. The summed E-state index contributed by atoms with van der Waals surface area (Å²) in [7, 11) is 3.10. The van der Waals surface area contributed by atoms with Crippen LogP contribution in [-0.2, 0) is 16.1 Å². The highest BCUT2D eigenvalue weighted by Crippen LogP contribution is 2.35. The van der Waals surface area contributed by atoms with E-state index in [1.807, 2.05) is 0 Å². The summed E-state index contributed by atoms with van der Waals surface area (Å²) < 4.78 is 15.7. The number of hydrogen-bond donors (Lipinski definition) is 2. The van der Waals surface area contributed by atoms with Gasteiger partial charge in [-0.3, -0.25) is 0 Å². The molecule has 21 heavy (non-hydrogen) atoms. The summed E-state index contributed by atoms with van der Waals surface area (Å²) in [5, 5.41) is 12.6. The molecule has 2 N–H and O–H groups in total. The van der Waals surface area contributed by atoms with E-state index < -0.39 is 12.1 Å². The summed E-state index contributed by atoms with van der Waals surface area (Å²) in [4.78, 5) is 11.0. The van der Waals surface area contributed by atoms with Gasteiger partial charge in [-0.05, 0) is 13.0 Å². The van der Waals surface area contributed by atoms with Crippen LogP contribution < -0.4 is 14.8 Å². The molecule has 1 unspecified atom stereocenters. The highest BCUT2D eigenvalue weighted by Gasteiger charge is 2.19. The van der Waals surface area contributed by atoms with Crippen molar-refractivity contribution < 1.29 is 24.1 Å². The molecule has 0 heterocycles. The van der Waals surface area contributed by atoms with Gasteiger partial charge in [-0.2, -0.15) is 0 Å². The number of carboxylic acid groups (broad SMARTS) is 1. The number of hydrogen-bond acceptors (Lipinski definition) is 5. The number of methoxy groups -OCH3 is 2. The Bertz CT molecular complexity index is 481. The molecule has 6 nitrogen and oxygen atoms in total. The number of rotatable bonds is 9. The van der Waals surface area contributed by atoms with E-state index in [1.165, 1.54) is 14.0 Å². The third-order valence-corrected chi connectivity index (χ3v) is 2.98. The minimum atomic E-state index is -1.05. The van der Waals surface area contributed by atoms with Crippen molar-refractivity contribution in [3.63, 3.8) is 0 Å². The molecule has 1 rings (SSSR count). The van der Waals surface area contributed by atoms with E-state index in [1.54, 1.807) is 19.2 Å². The Morgan fingerprint density at radius 2 is 2.14 bits per heavy atom. The Morgan fingerprint density at radius 3 is 2.71 bits per heavy atom. The number of carboxylic acids is 1. The molecule has 0 amide bonds. The lowest BCUT2D eigenvalue weighted by Crippen LogP contribution is -2.25. The van der Waals surface area contributed by atoms with Gasteiger partial charge in [0.15, 0.2) is 17.6 Å². The molecular weight excluding hydrogens is 298 g/mol. The Labute approximate surface area is 129 Å². The summed E-state index contributed by atoms with van der Waals surface area (Å²) in [5.41, 5.74) is 0.726. The van der Waals surface area contributed by atoms with Gasteiger partial charge in [-0.15, -0.1) is 0 Å². The zero-order valence-electron chi connectivity index (χ0n) is 12.3. The second kappa shape index (κ2) is 8.71. The predicted octanol–water partition coefficient (Wildman–Crippen LogP) is 1.94. The minimum Gasteiger partial charge on any atom is -0.493 e. The van der Waals surface area contributed by atoms with Gasteiger partial charge in [0.25, 0.3) is 0 Å². The zero-order valence-corrected chi connectivity index (χ0v) is 13.1. The lowest BCUT2D eigenvalue weighted by atomic mass is 10.1. The first kappa shape index (κ1) is 17.6. The maximum absolute atomic E-state index is 11.0. The summed E-state index contributed by atoms with van der Waals surface area (Å²) in [6.45, 7) is 3.14. The molecule has 0 aromatic heterocycles. The SMILES string of the molecule is COCCNCc1cc(Cl)cc(OC)c1OC(C)C(=O)O. The number of ether oxygens (including phenoxy) is 3. The maximum Gasteiger partial charge on any atom is 0.344 e. The van der Waals surface area contributed by atoms with E-state index in [4.69, 9.17) is 30.9 Å². The monoisotopic (exact) mass is 317 g/mol. The van der Waals surface area contributed by atoms with Gasteiger partial charge in [0.2, 0.25) is 0 Å². The Kier molecular flexibility index (Phi) is 7.28. The maximum atomic E-state index is 11.0. The highest BCUT2D eigenvalue weighted by molar-refractivity contribution is 6.30. The van der Waals surface area contributed by atoms with Crippen LogP contribution in [0.4, 0.5) is 0 Å². The number of aliphatic carboxylic acids is 1. The molecule has 118 valence electrons. The molecule has 0 fully saturated rings. The van der Waals surface area contributed by atoms with Gasteiger partial charge in [-0.25, -0.2) is 4.79 Å². The van der Waals surface area contributed by atoms with E-state index in [0.717, 1.165) is 5.56 Å². The molecule has 0 spiro atoms. The Balaban J connectivity index is 2.96. The molecule has 1 atom stereocenters. The fraction of sp³-hybridized carbons (Fsp3) is 0.500. The van der Waals surface area contributed by atoms with Crippen molar-refractivity contribution in [2.24, 2.45) is 0 Å². The van der Waals surface area contributed by atoms with Gasteiger partial charge in [0.05, 0.1) is 13.7 Å². The summed E-state index contributed by atoms with van der Waals surface area (Å²) >= 11 is 6.04. The topological polar surface area (TPSA) is 77.0 Å². The second-order valence-corrected chi connectivity index (χ2v) is 4.80. The molecule has 0 radical (unpaired) electrons. The predicted molar refractivity (Wildman–Crippen MR) is 79.3 cm³/mol. The molecule has 0 saturated carbocycles. The van der Waals surface area contributed by atoms with Crippen molar-refractivity contribution in [1.82, 2.24) is 5.32 Å². The quantitative estimate of drug-likeness (QED) is 0.678. The molecular formula is C14H20ClNO5. The fourth-order valence-corrected chi connectivity index (χ4v) is 1.89. The normalized spacial score (nSPS) is 12.0. The summed E-state index contributed by atoms with van der Waals surface area (Å²) in [5.74, 6) is -0.272. The number of halogens is 1. The Hall–Kier alpha value is -1.50. The van der Waals surface area contributed by atoms with Crippen LogP contribution >= 0.6 is 11.6 Å². The van der Waals surface area contributed by atoms with E-state index >= 15 is 0 Å². The van der Waals surface area contributed by atoms with Crippen LogP contribution in [0.25, 0.3) is 0 Å². The lowest BCUT2D eigenvalue weighted by molar-refractivity contribution is -0.144. The van der Waals surface area contributed by atoms with Crippen molar-refractivity contribution >= 4 is 17.6 Å². The van der Waals surface area contributed by atoms with E-state index in [9.17, 15) is 4.79 Å². The first-order chi connectivity index (χ1) is 9.99. The third kappa shape index (κ3) is 5.41. The van der Waals surface area contributed by atoms with Gasteiger partial charge < -0.3 is 24.6 Å². The highest BCUT2D eigenvalue weighted by atomic mass is 35.5. The van der Waals surface area contributed by atoms with E-state index in [-0.39, 0.29) is 0 Å². The molecule has 0 aliphatic rings. The number of benzene rings is 1. The van der Waals surface area contributed by atoms with Gasteiger partial charge >= 0.3 is 5.97 Å². The largest absolute Gasteiger partial charge is 0.493 e. The fourth-order valence-electron chi connectivity index (χ4n) is 1.66. The molecule has 0 aliphatic heterocycles. The van der Waals surface area contributed by atoms with Crippen LogP contribution in [0.1, 0.15) is 12.5 Å². The second-order valence-electron chi connectivity index (χ2n) is 4.36. The molecule has 1 aromatic rings. The van der Waals surface area contributed by atoms with Crippen LogP contribution in [-0.4, -0.2) is 44.6 Å². The molecule has 0 aliphatic carbocycles. The third-order valence-electron chi connectivity index (χ3n) is 2.76. The van der Waals surface area contributed by atoms with Crippen LogP contribution in [0.5, 0.6) is 11.5 Å². The van der Waals surface area contributed by atoms with Crippen LogP contribution in [0.15, 0.2) is 12.1 Å². The first-order valence-corrected chi connectivity index (χ1v) is 6.83. The molecule has 1 aromatic carbocycles. The van der Waals surface area contributed by atoms with Gasteiger partial charge in [0, 0.05) is 36.9 Å². The smallest absolute Gasteiger partial charge is 0.344 e. The lowest BCUT2D eigenvalue weighted by Gasteiger charge is -2.18. The molecule has 0 bridgehead atoms. The van der Waals surface area contributed by atoms with Crippen molar-refractivity contribution in [3.8, 4) is 11.5 Å². The molecule has 7 heteroatoms. The molecule has 0 saturated heterocycles. The first-order valence-electron chi connectivity index (χ1n) is 6.45. The standard InChI is InChI=1S/C14H20ClNO5/c1-9(14(17)18)21-13-10(8-16-4-5-19-2)6-11(15)7-12(13)20-3/h6-7,9,16H,4-5,8H2,1-3H3,(H,17,18). The zero-order chi connectivity index (χ0) is 15.8. The summed E-state index contributed by atoms with van der Waals surface area (Å²) in [6.07, 6.45) is -0.988. The average molecular weight is 318 g/mol. The van der Waals surface area contributed by atoms with Crippen molar-refractivity contribution in [2.75, 3.05) is 27.4 Å². The number of carbonyl (C=O) groups is 1. The van der Waals surface area contributed by atoms with Crippen molar-refractivity contribution in [2.45, 2.75) is 19.6 Å². The Morgan fingerprint density at radius 1 is 1.43 bits per heavy atom. The van der Waals surface area contributed by atoms with Crippen molar-refractivity contribution in [3.05, 3.63) is 22.7 Å². The number of nitrogens with one attached hydrogen (secondary N) is 1. The van der Waals surface area contributed by atoms with Crippen molar-refractivity contribution in [1.29, 1.82) is 0 Å². The van der Waals surface area contributed by atoms with E-state index in [2.05, 4.69) is 5.32 Å². The van der Waals surface area contributed by atoms with Crippen LogP contribution in [0, 0.1) is 0 Å². The average Bonchev–Trinajstić information content (AvgIpc) is 2.45. The van der Waals surface area contributed by atoms with Crippen LogP contribution in [0.2, 0.25) is 5.02 Å². The van der Waals surface area contributed by atoms with Gasteiger partial charge in [0.1, 0.15) is 0 Å². The van der Waals surface area contributed by atoms with Gasteiger partial charge in [-0.1, -0.05) is 11.6 Å². The van der Waals surface area contributed by atoms with E-state index in [0.29, 0.717) is 36.2 Å². The summed E-state index contributed by atoms with van der Waals surface area (Å²) in [6, 6.07) is 3.30.